The van der Waals surface area contributed by atoms with Gasteiger partial charge in [0.15, 0.2) is 0 Å². The molecule has 2 aromatic rings. The van der Waals surface area contributed by atoms with Crippen LogP contribution in [0.25, 0.3) is 10.9 Å². The number of amides is 1. The lowest BCUT2D eigenvalue weighted by Gasteiger charge is -2.12. The molecule has 6 heteroatoms. The van der Waals surface area contributed by atoms with Crippen LogP contribution in [0, 0.1) is 0 Å². The number of rotatable bonds is 5. The number of carbonyl (C=O) groups is 2. The highest BCUT2D eigenvalue weighted by Crippen LogP contribution is 2.23. The fraction of sp³-hybridized carbons (Fsp3) is 0.333. The molecule has 2 rings (SSSR count). The highest BCUT2D eigenvalue weighted by molar-refractivity contribution is 6.00. The first-order valence-corrected chi connectivity index (χ1v) is 6.65. The number of aromatic nitrogens is 1. The molecule has 1 aromatic carbocycles. The Balaban J connectivity index is 2.35. The SMILES string of the molecule is CC[C@@H](NC(=O)c1cc2cc(OC)ccc2n1C)C(=O)O. The molecule has 2 N–H and O–H groups in total. The summed E-state index contributed by atoms with van der Waals surface area (Å²) in [6.07, 6.45) is 0.332. The van der Waals surface area contributed by atoms with Crippen molar-refractivity contribution in [3.8, 4) is 5.75 Å². The van der Waals surface area contributed by atoms with Crippen molar-refractivity contribution in [2.45, 2.75) is 19.4 Å². The fourth-order valence-corrected chi connectivity index (χ4v) is 2.24. The second-order valence-corrected chi connectivity index (χ2v) is 4.79. The molecule has 0 saturated carbocycles. The Morgan fingerprint density at radius 3 is 2.67 bits per heavy atom. The molecule has 0 aliphatic heterocycles. The largest absolute Gasteiger partial charge is 0.497 e. The first-order chi connectivity index (χ1) is 9.97. The minimum absolute atomic E-state index is 0.332. The standard InChI is InChI=1S/C15H18N2O4/c1-4-11(15(19)20)16-14(18)13-8-9-7-10(21-3)5-6-12(9)17(13)2/h5-8,11H,4H2,1-3H3,(H,16,18)(H,19,20)/t11-/m1/s1. The minimum Gasteiger partial charge on any atom is -0.497 e. The van der Waals surface area contributed by atoms with E-state index in [0.717, 1.165) is 10.9 Å². The summed E-state index contributed by atoms with van der Waals surface area (Å²) in [4.78, 5) is 23.2. The highest BCUT2D eigenvalue weighted by Gasteiger charge is 2.21. The monoisotopic (exact) mass is 290 g/mol. The maximum Gasteiger partial charge on any atom is 0.326 e. The van der Waals surface area contributed by atoms with Crippen molar-refractivity contribution in [2.24, 2.45) is 7.05 Å². The van der Waals surface area contributed by atoms with E-state index in [4.69, 9.17) is 9.84 Å². The number of methoxy groups -OCH3 is 1. The van der Waals surface area contributed by atoms with Gasteiger partial charge in [-0.3, -0.25) is 4.79 Å². The summed E-state index contributed by atoms with van der Waals surface area (Å²) in [5.74, 6) is -0.731. The van der Waals surface area contributed by atoms with Crippen molar-refractivity contribution < 1.29 is 19.4 Å². The van der Waals surface area contributed by atoms with Crippen molar-refractivity contribution in [3.05, 3.63) is 30.0 Å². The molecule has 0 unspecified atom stereocenters. The second kappa shape index (κ2) is 5.87. The van der Waals surface area contributed by atoms with Gasteiger partial charge in [0.25, 0.3) is 5.91 Å². The summed E-state index contributed by atoms with van der Waals surface area (Å²) in [5, 5.41) is 12.4. The maximum absolute atomic E-state index is 12.2. The van der Waals surface area contributed by atoms with Crippen molar-refractivity contribution in [1.82, 2.24) is 9.88 Å². The quantitative estimate of drug-likeness (QED) is 0.879. The number of carboxylic acid groups (broad SMARTS) is 1. The third kappa shape index (κ3) is 2.84. The van der Waals surface area contributed by atoms with E-state index in [1.807, 2.05) is 18.2 Å². The third-order valence-electron chi connectivity index (χ3n) is 3.49. The summed E-state index contributed by atoms with van der Waals surface area (Å²) in [6.45, 7) is 1.71. The molecule has 0 bridgehead atoms. The fourth-order valence-electron chi connectivity index (χ4n) is 2.24. The van der Waals surface area contributed by atoms with Gasteiger partial charge in [-0.15, -0.1) is 0 Å². The van der Waals surface area contributed by atoms with E-state index in [-0.39, 0.29) is 0 Å². The molecule has 0 spiro atoms. The molecule has 1 atom stereocenters. The van der Waals surface area contributed by atoms with Crippen molar-refractivity contribution >= 4 is 22.8 Å². The highest BCUT2D eigenvalue weighted by atomic mass is 16.5. The van der Waals surface area contributed by atoms with Crippen molar-refractivity contribution in [1.29, 1.82) is 0 Å². The van der Waals surface area contributed by atoms with E-state index in [2.05, 4.69) is 5.32 Å². The molecule has 112 valence electrons. The molecule has 0 fully saturated rings. The molecule has 0 radical (unpaired) electrons. The molecule has 1 amide bonds. The first kappa shape index (κ1) is 14.9. The Labute approximate surface area is 122 Å². The summed E-state index contributed by atoms with van der Waals surface area (Å²) < 4.78 is 6.89. The number of hydrogen-bond acceptors (Lipinski definition) is 3. The molecular weight excluding hydrogens is 272 g/mol. The summed E-state index contributed by atoms with van der Waals surface area (Å²) in [7, 11) is 3.35. The predicted octanol–water partition coefficient (Wildman–Crippen LogP) is 1.78. The van der Waals surface area contributed by atoms with Gasteiger partial charge in [-0.2, -0.15) is 0 Å². The first-order valence-electron chi connectivity index (χ1n) is 6.65. The van der Waals surface area contributed by atoms with Gasteiger partial charge in [-0.05, 0) is 30.7 Å². The number of nitrogens with zero attached hydrogens (tertiary/aromatic N) is 1. The smallest absolute Gasteiger partial charge is 0.326 e. The maximum atomic E-state index is 12.2. The summed E-state index contributed by atoms with van der Waals surface area (Å²) >= 11 is 0. The van der Waals surface area contributed by atoms with Gasteiger partial charge in [0.05, 0.1) is 7.11 Å². The van der Waals surface area contributed by atoms with Gasteiger partial charge >= 0.3 is 5.97 Å². The van der Waals surface area contributed by atoms with Crippen LogP contribution in [0.5, 0.6) is 5.75 Å². The van der Waals surface area contributed by atoms with Crippen LogP contribution < -0.4 is 10.1 Å². The molecule has 0 saturated heterocycles. The minimum atomic E-state index is -1.04. The molecule has 0 aliphatic carbocycles. The second-order valence-electron chi connectivity index (χ2n) is 4.79. The van der Waals surface area contributed by atoms with E-state index in [9.17, 15) is 9.59 Å². The van der Waals surface area contributed by atoms with E-state index in [1.54, 1.807) is 31.7 Å². The number of aryl methyl sites for hydroxylation is 1. The third-order valence-corrected chi connectivity index (χ3v) is 3.49. The van der Waals surface area contributed by atoms with Gasteiger partial charge in [-0.1, -0.05) is 6.92 Å². The number of ether oxygens (including phenoxy) is 1. The number of hydrogen-bond donors (Lipinski definition) is 2. The Bertz CT molecular complexity index is 690. The zero-order valence-electron chi connectivity index (χ0n) is 12.2. The van der Waals surface area contributed by atoms with Crippen molar-refractivity contribution in [2.75, 3.05) is 7.11 Å². The van der Waals surface area contributed by atoms with Gasteiger partial charge < -0.3 is 19.7 Å². The zero-order valence-corrected chi connectivity index (χ0v) is 12.2. The van der Waals surface area contributed by atoms with Crippen LogP contribution in [-0.2, 0) is 11.8 Å². The van der Waals surface area contributed by atoms with Crippen LogP contribution in [0.2, 0.25) is 0 Å². The van der Waals surface area contributed by atoms with E-state index in [0.29, 0.717) is 17.9 Å². The van der Waals surface area contributed by atoms with Gasteiger partial charge in [0.1, 0.15) is 17.5 Å². The Hall–Kier alpha value is -2.50. The molecule has 21 heavy (non-hydrogen) atoms. The van der Waals surface area contributed by atoms with Gasteiger partial charge in [-0.25, -0.2) is 4.79 Å². The van der Waals surface area contributed by atoms with Crippen LogP contribution in [0.3, 0.4) is 0 Å². The van der Waals surface area contributed by atoms with Crippen molar-refractivity contribution in [3.63, 3.8) is 0 Å². The Morgan fingerprint density at radius 2 is 2.10 bits per heavy atom. The van der Waals surface area contributed by atoms with E-state index < -0.39 is 17.9 Å². The average Bonchev–Trinajstić information content (AvgIpc) is 2.80. The lowest BCUT2D eigenvalue weighted by molar-refractivity contribution is -0.139. The van der Waals surface area contributed by atoms with Crippen LogP contribution >= 0.6 is 0 Å². The topological polar surface area (TPSA) is 80.6 Å². The molecule has 1 heterocycles. The molecule has 0 aliphatic rings. The van der Waals surface area contributed by atoms with Gasteiger partial charge in [0, 0.05) is 18.0 Å². The number of carboxylic acids is 1. The molecule has 1 aromatic heterocycles. The number of nitrogens with one attached hydrogen (secondary N) is 1. The molecular formula is C15H18N2O4. The van der Waals surface area contributed by atoms with Crippen LogP contribution in [0.1, 0.15) is 23.8 Å². The average molecular weight is 290 g/mol. The Kier molecular flexibility index (Phi) is 4.16. The van der Waals surface area contributed by atoms with E-state index in [1.165, 1.54) is 0 Å². The summed E-state index contributed by atoms with van der Waals surface area (Å²) in [5.41, 5.74) is 1.29. The lowest BCUT2D eigenvalue weighted by Crippen LogP contribution is -2.40. The summed E-state index contributed by atoms with van der Waals surface area (Å²) in [6, 6.07) is 6.35. The van der Waals surface area contributed by atoms with Crippen LogP contribution in [0.15, 0.2) is 24.3 Å². The normalized spacial score (nSPS) is 12.1. The van der Waals surface area contributed by atoms with Gasteiger partial charge in [0.2, 0.25) is 0 Å². The number of benzene rings is 1. The molecule has 6 nitrogen and oxygen atoms in total. The predicted molar refractivity (Wildman–Crippen MR) is 78.7 cm³/mol. The number of aliphatic carboxylic acids is 1. The lowest BCUT2D eigenvalue weighted by atomic mass is 10.2. The zero-order chi connectivity index (χ0) is 15.6. The number of carbonyl (C=O) groups excluding carboxylic acids is 1. The van der Waals surface area contributed by atoms with Crippen LogP contribution in [-0.4, -0.2) is 34.7 Å². The van der Waals surface area contributed by atoms with Crippen LogP contribution in [0.4, 0.5) is 0 Å². The number of fused-ring (bicyclic) bond motifs is 1. The van der Waals surface area contributed by atoms with E-state index >= 15 is 0 Å². The Morgan fingerprint density at radius 1 is 1.38 bits per heavy atom.